The Kier molecular flexibility index (Phi) is 5.37. The highest BCUT2D eigenvalue weighted by Gasteiger charge is 2.11. The van der Waals surface area contributed by atoms with Crippen molar-refractivity contribution in [2.45, 2.75) is 25.7 Å². The van der Waals surface area contributed by atoms with Gasteiger partial charge < -0.3 is 9.64 Å². The summed E-state index contributed by atoms with van der Waals surface area (Å²) in [5.74, 6) is 0.623. The van der Waals surface area contributed by atoms with Gasteiger partial charge >= 0.3 is 0 Å². The van der Waals surface area contributed by atoms with Gasteiger partial charge in [0.1, 0.15) is 0 Å². The van der Waals surface area contributed by atoms with Crippen LogP contribution in [0.15, 0.2) is 42.6 Å². The first-order valence-corrected chi connectivity index (χ1v) is 9.63. The SMILES string of the molecule is Clc1cccc(-c2cnc3ccc(OCCCN4CCCCC4)nn23)c1. The Morgan fingerprint density at radius 3 is 2.81 bits per heavy atom. The first-order valence-electron chi connectivity index (χ1n) is 9.25. The number of rotatable bonds is 6. The van der Waals surface area contributed by atoms with Crippen LogP contribution in [-0.2, 0) is 0 Å². The lowest BCUT2D eigenvalue weighted by Crippen LogP contribution is -2.31. The van der Waals surface area contributed by atoms with E-state index in [9.17, 15) is 0 Å². The zero-order valence-electron chi connectivity index (χ0n) is 14.8. The van der Waals surface area contributed by atoms with Crippen molar-refractivity contribution >= 4 is 17.2 Å². The fourth-order valence-corrected chi connectivity index (χ4v) is 3.62. The Hall–Kier alpha value is -2.11. The summed E-state index contributed by atoms with van der Waals surface area (Å²) in [6.07, 6.45) is 6.85. The van der Waals surface area contributed by atoms with Gasteiger partial charge in [-0.05, 0) is 50.6 Å². The minimum absolute atomic E-state index is 0.623. The van der Waals surface area contributed by atoms with E-state index in [1.165, 1.54) is 32.4 Å². The maximum atomic E-state index is 6.11. The minimum atomic E-state index is 0.623. The molecule has 3 heterocycles. The van der Waals surface area contributed by atoms with Crippen molar-refractivity contribution in [1.82, 2.24) is 19.5 Å². The monoisotopic (exact) mass is 370 g/mol. The van der Waals surface area contributed by atoms with Crippen molar-refractivity contribution in [3.63, 3.8) is 0 Å². The summed E-state index contributed by atoms with van der Waals surface area (Å²) in [6.45, 7) is 4.22. The standard InChI is InChI=1S/C20H23ClN4O/c21-17-7-4-6-16(14-17)18-15-22-19-8-9-20(23-25(18)19)26-13-5-12-24-10-2-1-3-11-24/h4,6-9,14-15H,1-3,5,10-13H2. The van der Waals surface area contributed by atoms with E-state index in [1.807, 2.05) is 47.1 Å². The lowest BCUT2D eigenvalue weighted by Gasteiger charge is -2.26. The largest absolute Gasteiger partial charge is 0.477 e. The van der Waals surface area contributed by atoms with Gasteiger partial charge in [-0.3, -0.25) is 0 Å². The Labute approximate surface area is 158 Å². The number of hydrogen-bond donors (Lipinski definition) is 0. The minimum Gasteiger partial charge on any atom is -0.477 e. The number of aromatic nitrogens is 3. The molecule has 3 aromatic rings. The molecule has 1 aliphatic heterocycles. The van der Waals surface area contributed by atoms with E-state index < -0.39 is 0 Å². The second-order valence-corrected chi connectivity index (χ2v) is 7.14. The van der Waals surface area contributed by atoms with Crippen molar-refractivity contribution in [3.8, 4) is 17.1 Å². The summed E-state index contributed by atoms with van der Waals surface area (Å²) in [6, 6.07) is 11.5. The molecular weight excluding hydrogens is 348 g/mol. The third kappa shape index (κ3) is 4.00. The van der Waals surface area contributed by atoms with Crippen LogP contribution in [0.4, 0.5) is 0 Å². The van der Waals surface area contributed by atoms with Gasteiger partial charge in [-0.2, -0.15) is 0 Å². The van der Waals surface area contributed by atoms with Crippen LogP contribution in [0.2, 0.25) is 5.02 Å². The van der Waals surface area contributed by atoms with Crippen LogP contribution in [0, 0.1) is 0 Å². The van der Waals surface area contributed by atoms with Gasteiger partial charge in [0.15, 0.2) is 5.65 Å². The highest BCUT2D eigenvalue weighted by atomic mass is 35.5. The molecule has 136 valence electrons. The van der Waals surface area contributed by atoms with Crippen molar-refractivity contribution < 1.29 is 4.74 Å². The topological polar surface area (TPSA) is 42.7 Å². The van der Waals surface area contributed by atoms with Gasteiger partial charge in [-0.1, -0.05) is 30.2 Å². The predicted octanol–water partition coefficient (Wildman–Crippen LogP) is 4.30. The number of halogens is 1. The lowest BCUT2D eigenvalue weighted by atomic mass is 10.1. The molecule has 0 amide bonds. The van der Waals surface area contributed by atoms with Crippen LogP contribution in [0.25, 0.3) is 16.9 Å². The van der Waals surface area contributed by atoms with Gasteiger partial charge in [0.05, 0.1) is 18.5 Å². The highest BCUT2D eigenvalue weighted by Crippen LogP contribution is 2.24. The van der Waals surface area contributed by atoms with Crippen molar-refractivity contribution in [2.24, 2.45) is 0 Å². The average Bonchev–Trinajstić information content (AvgIpc) is 3.09. The van der Waals surface area contributed by atoms with Crippen LogP contribution < -0.4 is 4.74 Å². The zero-order chi connectivity index (χ0) is 17.8. The average molecular weight is 371 g/mol. The fraction of sp³-hybridized carbons (Fsp3) is 0.400. The lowest BCUT2D eigenvalue weighted by molar-refractivity contribution is 0.202. The van der Waals surface area contributed by atoms with Gasteiger partial charge in [0, 0.05) is 23.2 Å². The normalized spacial score (nSPS) is 15.4. The molecule has 1 saturated heterocycles. The summed E-state index contributed by atoms with van der Waals surface area (Å²) >= 11 is 6.11. The highest BCUT2D eigenvalue weighted by molar-refractivity contribution is 6.30. The molecule has 0 atom stereocenters. The van der Waals surface area contributed by atoms with E-state index in [4.69, 9.17) is 16.3 Å². The molecule has 26 heavy (non-hydrogen) atoms. The third-order valence-electron chi connectivity index (χ3n) is 4.78. The molecule has 1 aliphatic rings. The number of likely N-dealkylation sites (tertiary alicyclic amines) is 1. The van der Waals surface area contributed by atoms with Crippen molar-refractivity contribution in [3.05, 3.63) is 47.6 Å². The maximum Gasteiger partial charge on any atom is 0.231 e. The molecule has 2 aromatic heterocycles. The van der Waals surface area contributed by atoms with E-state index in [0.717, 1.165) is 29.9 Å². The Bertz CT molecular complexity index is 873. The van der Waals surface area contributed by atoms with Crippen LogP contribution in [-0.4, -0.2) is 45.7 Å². The molecular formula is C20H23ClN4O. The molecule has 1 fully saturated rings. The molecule has 0 bridgehead atoms. The van der Waals surface area contributed by atoms with E-state index in [2.05, 4.69) is 15.0 Å². The van der Waals surface area contributed by atoms with Crippen LogP contribution in [0.1, 0.15) is 25.7 Å². The number of ether oxygens (including phenoxy) is 1. The molecule has 0 N–H and O–H groups in total. The van der Waals surface area contributed by atoms with E-state index >= 15 is 0 Å². The summed E-state index contributed by atoms with van der Waals surface area (Å²) in [5.41, 5.74) is 2.68. The molecule has 0 unspecified atom stereocenters. The Morgan fingerprint density at radius 2 is 1.96 bits per heavy atom. The number of piperidine rings is 1. The van der Waals surface area contributed by atoms with Crippen molar-refractivity contribution in [2.75, 3.05) is 26.2 Å². The summed E-state index contributed by atoms with van der Waals surface area (Å²) < 4.78 is 7.69. The van der Waals surface area contributed by atoms with Crippen LogP contribution >= 0.6 is 11.6 Å². The predicted molar refractivity (Wildman–Crippen MR) is 104 cm³/mol. The second kappa shape index (κ2) is 8.06. The first-order chi connectivity index (χ1) is 12.8. The van der Waals surface area contributed by atoms with E-state index in [0.29, 0.717) is 17.5 Å². The Morgan fingerprint density at radius 1 is 1.08 bits per heavy atom. The first kappa shape index (κ1) is 17.3. The number of benzene rings is 1. The molecule has 0 saturated carbocycles. The molecule has 0 aliphatic carbocycles. The van der Waals surface area contributed by atoms with Gasteiger partial charge in [-0.15, -0.1) is 5.10 Å². The third-order valence-corrected chi connectivity index (χ3v) is 5.01. The number of fused-ring (bicyclic) bond motifs is 1. The molecule has 6 heteroatoms. The quantitative estimate of drug-likeness (QED) is 0.606. The molecule has 0 spiro atoms. The smallest absolute Gasteiger partial charge is 0.231 e. The molecule has 5 nitrogen and oxygen atoms in total. The van der Waals surface area contributed by atoms with E-state index in [1.54, 1.807) is 0 Å². The summed E-state index contributed by atoms with van der Waals surface area (Å²) in [5, 5.41) is 5.30. The van der Waals surface area contributed by atoms with Crippen LogP contribution in [0.3, 0.4) is 0 Å². The molecule has 4 rings (SSSR count). The zero-order valence-corrected chi connectivity index (χ0v) is 15.5. The molecule has 1 aromatic carbocycles. The van der Waals surface area contributed by atoms with Gasteiger partial charge in [0.25, 0.3) is 0 Å². The number of hydrogen-bond acceptors (Lipinski definition) is 4. The second-order valence-electron chi connectivity index (χ2n) is 6.70. The van der Waals surface area contributed by atoms with Crippen LogP contribution in [0.5, 0.6) is 5.88 Å². The van der Waals surface area contributed by atoms with E-state index in [-0.39, 0.29) is 0 Å². The maximum absolute atomic E-state index is 6.11. The summed E-state index contributed by atoms with van der Waals surface area (Å²) in [4.78, 5) is 6.94. The van der Waals surface area contributed by atoms with Gasteiger partial charge in [-0.25, -0.2) is 9.50 Å². The number of nitrogens with zero attached hydrogens (tertiary/aromatic N) is 4. The Balaban J connectivity index is 1.42. The van der Waals surface area contributed by atoms with Crippen molar-refractivity contribution in [1.29, 1.82) is 0 Å². The fourth-order valence-electron chi connectivity index (χ4n) is 3.43. The number of imidazole rings is 1. The molecule has 0 radical (unpaired) electrons. The van der Waals surface area contributed by atoms with Gasteiger partial charge in [0.2, 0.25) is 5.88 Å². The summed E-state index contributed by atoms with van der Waals surface area (Å²) in [7, 11) is 0.